The Morgan fingerprint density at radius 2 is 1.71 bits per heavy atom. The first-order valence-corrected chi connectivity index (χ1v) is 13.3. The van der Waals surface area contributed by atoms with Gasteiger partial charge in [0.1, 0.15) is 18.1 Å². The lowest BCUT2D eigenvalue weighted by atomic mass is 10.1. The Hall–Kier alpha value is -3.52. The van der Waals surface area contributed by atoms with Gasteiger partial charge in [-0.15, -0.1) is 23.2 Å². The quantitative estimate of drug-likeness (QED) is 0.118. The topological polar surface area (TPSA) is 82.6 Å². The summed E-state index contributed by atoms with van der Waals surface area (Å²) in [7, 11) is 0. The van der Waals surface area contributed by atoms with Crippen LogP contribution in [0.3, 0.4) is 0 Å². The molecule has 0 aliphatic rings. The maximum atomic E-state index is 12.5. The zero-order chi connectivity index (χ0) is 26.7. The van der Waals surface area contributed by atoms with Crippen LogP contribution in [0, 0.1) is 0 Å². The molecule has 1 amide bonds. The van der Waals surface area contributed by atoms with Gasteiger partial charge in [-0.2, -0.15) is 10.2 Å². The van der Waals surface area contributed by atoms with E-state index in [0.717, 1.165) is 22.4 Å². The summed E-state index contributed by atoms with van der Waals surface area (Å²) in [6.45, 7) is 1.80. The molecule has 0 radical (unpaired) electrons. The van der Waals surface area contributed by atoms with E-state index in [1.807, 2.05) is 72.8 Å². The largest absolute Gasteiger partial charge is 0.489 e. The number of ether oxygens (including phenoxy) is 1. The van der Waals surface area contributed by atoms with E-state index in [0.29, 0.717) is 53.6 Å². The molecule has 196 valence electrons. The Bertz CT molecular complexity index is 1350. The summed E-state index contributed by atoms with van der Waals surface area (Å²) in [6, 6.07) is 24.4. The molecule has 4 rings (SSSR count). The lowest BCUT2D eigenvalue weighted by molar-refractivity contribution is 0.0950. The summed E-state index contributed by atoms with van der Waals surface area (Å²) in [4.78, 5) is 14.6. The van der Waals surface area contributed by atoms with Crippen molar-refractivity contribution in [2.75, 3.05) is 29.7 Å². The standard InChI is InChI=1S/C28H26Cl3N5O2/c29-13-15-36(16-14-30)23-9-5-20(6-10-23)18-32-35-28(37)27-17-26(33-34-27)21-7-11-24(12-8-21)38-19-22-3-1-2-4-25(22)31/h1-12,17-18H,13-16,19H2,(H,33,34)(H,35,37)/b32-18+. The van der Waals surface area contributed by atoms with Gasteiger partial charge in [-0.3, -0.25) is 9.89 Å². The molecule has 1 aromatic heterocycles. The van der Waals surface area contributed by atoms with Gasteiger partial charge in [0.25, 0.3) is 5.91 Å². The summed E-state index contributed by atoms with van der Waals surface area (Å²) < 4.78 is 5.82. The summed E-state index contributed by atoms with van der Waals surface area (Å²) in [5.41, 5.74) is 7.06. The molecule has 4 aromatic rings. The first kappa shape index (κ1) is 27.5. The Morgan fingerprint density at radius 1 is 1.00 bits per heavy atom. The van der Waals surface area contributed by atoms with Crippen LogP contribution >= 0.6 is 34.8 Å². The summed E-state index contributed by atoms with van der Waals surface area (Å²) in [5, 5.41) is 11.7. The monoisotopic (exact) mass is 569 g/mol. The normalized spacial score (nSPS) is 11.0. The fraction of sp³-hybridized carbons (Fsp3) is 0.179. The van der Waals surface area contributed by atoms with Gasteiger partial charge in [0, 0.05) is 46.7 Å². The van der Waals surface area contributed by atoms with Gasteiger partial charge in [0.15, 0.2) is 0 Å². The van der Waals surface area contributed by atoms with Gasteiger partial charge in [0.05, 0.1) is 11.9 Å². The number of rotatable bonds is 12. The lowest BCUT2D eigenvalue weighted by Gasteiger charge is -2.22. The second kappa shape index (κ2) is 13.9. The van der Waals surface area contributed by atoms with Crippen molar-refractivity contribution in [2.24, 2.45) is 5.10 Å². The molecule has 0 atom stereocenters. The van der Waals surface area contributed by atoms with Crippen molar-refractivity contribution in [3.63, 3.8) is 0 Å². The third kappa shape index (κ3) is 7.51. The number of aromatic nitrogens is 2. The van der Waals surface area contributed by atoms with Gasteiger partial charge in [-0.25, -0.2) is 5.43 Å². The molecular formula is C28H26Cl3N5O2. The molecule has 0 spiro atoms. The minimum absolute atomic E-state index is 0.296. The van der Waals surface area contributed by atoms with Crippen molar-refractivity contribution in [1.82, 2.24) is 15.6 Å². The van der Waals surface area contributed by atoms with Crippen molar-refractivity contribution < 1.29 is 9.53 Å². The summed E-state index contributed by atoms with van der Waals surface area (Å²) >= 11 is 17.9. The number of halogens is 3. The van der Waals surface area contributed by atoms with Crippen LogP contribution in [0.2, 0.25) is 5.02 Å². The number of carbonyl (C=O) groups is 1. The second-order valence-electron chi connectivity index (χ2n) is 8.23. The van der Waals surface area contributed by atoms with Gasteiger partial charge in [-0.05, 0) is 54.1 Å². The molecule has 0 aliphatic heterocycles. The number of nitrogens with zero attached hydrogens (tertiary/aromatic N) is 3. The molecular weight excluding hydrogens is 545 g/mol. The maximum Gasteiger partial charge on any atom is 0.289 e. The first-order valence-electron chi connectivity index (χ1n) is 11.9. The number of hydrazone groups is 1. The number of nitrogens with one attached hydrogen (secondary N) is 2. The Morgan fingerprint density at radius 3 is 2.39 bits per heavy atom. The molecule has 0 fully saturated rings. The number of carbonyl (C=O) groups excluding carboxylic acids is 1. The summed E-state index contributed by atoms with van der Waals surface area (Å²) in [5.74, 6) is 1.35. The number of benzene rings is 3. The van der Waals surface area contributed by atoms with Crippen molar-refractivity contribution >= 4 is 52.6 Å². The van der Waals surface area contributed by atoms with E-state index in [4.69, 9.17) is 39.5 Å². The number of aromatic amines is 1. The van der Waals surface area contributed by atoms with Crippen molar-refractivity contribution in [3.8, 4) is 17.0 Å². The third-order valence-electron chi connectivity index (χ3n) is 5.67. The highest BCUT2D eigenvalue weighted by Crippen LogP contribution is 2.23. The van der Waals surface area contributed by atoms with Crippen LogP contribution in [-0.2, 0) is 6.61 Å². The predicted octanol–water partition coefficient (Wildman–Crippen LogP) is 6.36. The van der Waals surface area contributed by atoms with Gasteiger partial charge < -0.3 is 9.64 Å². The van der Waals surface area contributed by atoms with E-state index < -0.39 is 5.91 Å². The van der Waals surface area contributed by atoms with Crippen LogP contribution in [0.25, 0.3) is 11.3 Å². The second-order valence-corrected chi connectivity index (χ2v) is 9.39. The lowest BCUT2D eigenvalue weighted by Crippen LogP contribution is -2.27. The van der Waals surface area contributed by atoms with E-state index in [1.165, 1.54) is 0 Å². The molecule has 0 bridgehead atoms. The van der Waals surface area contributed by atoms with Gasteiger partial charge >= 0.3 is 0 Å². The number of alkyl halides is 2. The van der Waals surface area contributed by atoms with Crippen molar-refractivity contribution in [2.45, 2.75) is 6.61 Å². The molecule has 3 aromatic carbocycles. The van der Waals surface area contributed by atoms with Crippen LogP contribution < -0.4 is 15.1 Å². The average Bonchev–Trinajstić information content (AvgIpc) is 3.44. The highest BCUT2D eigenvalue weighted by molar-refractivity contribution is 6.31. The van der Waals surface area contributed by atoms with Crippen molar-refractivity contribution in [3.05, 3.63) is 101 Å². The number of hydrogen-bond acceptors (Lipinski definition) is 5. The van der Waals surface area contributed by atoms with E-state index in [9.17, 15) is 4.79 Å². The minimum Gasteiger partial charge on any atom is -0.489 e. The molecule has 0 aliphatic carbocycles. The Balaban J connectivity index is 1.30. The fourth-order valence-corrected chi connectivity index (χ4v) is 4.25. The van der Waals surface area contributed by atoms with Crippen molar-refractivity contribution in [1.29, 1.82) is 0 Å². The van der Waals surface area contributed by atoms with E-state index in [-0.39, 0.29) is 0 Å². The van der Waals surface area contributed by atoms with E-state index >= 15 is 0 Å². The van der Waals surface area contributed by atoms with Crippen LogP contribution in [0.5, 0.6) is 5.75 Å². The minimum atomic E-state index is -0.397. The highest BCUT2D eigenvalue weighted by atomic mass is 35.5. The molecule has 2 N–H and O–H groups in total. The molecule has 1 heterocycles. The average molecular weight is 571 g/mol. The Labute approximate surface area is 236 Å². The smallest absolute Gasteiger partial charge is 0.289 e. The van der Waals surface area contributed by atoms with Gasteiger partial charge in [0.2, 0.25) is 0 Å². The molecule has 38 heavy (non-hydrogen) atoms. The van der Waals surface area contributed by atoms with E-state index in [1.54, 1.807) is 12.3 Å². The highest BCUT2D eigenvalue weighted by Gasteiger charge is 2.11. The SMILES string of the molecule is O=C(N/N=C/c1ccc(N(CCCl)CCCl)cc1)c1cc(-c2ccc(OCc3ccccc3Cl)cc2)n[nH]1. The van der Waals surface area contributed by atoms with E-state index in [2.05, 4.69) is 25.6 Å². The number of H-pyrrole nitrogens is 1. The maximum absolute atomic E-state index is 12.5. The molecule has 10 heteroatoms. The van der Waals surface area contributed by atoms with Gasteiger partial charge in [-0.1, -0.05) is 41.9 Å². The predicted molar refractivity (Wildman–Crippen MR) is 155 cm³/mol. The number of anilines is 1. The summed E-state index contributed by atoms with van der Waals surface area (Å²) in [6.07, 6.45) is 1.58. The molecule has 7 nitrogen and oxygen atoms in total. The fourth-order valence-electron chi connectivity index (χ4n) is 3.66. The third-order valence-corrected chi connectivity index (χ3v) is 6.38. The zero-order valence-corrected chi connectivity index (χ0v) is 22.7. The van der Waals surface area contributed by atoms with Crippen LogP contribution in [-0.4, -0.2) is 47.2 Å². The number of hydrogen-bond donors (Lipinski definition) is 2. The molecule has 0 saturated carbocycles. The number of amides is 1. The zero-order valence-electron chi connectivity index (χ0n) is 20.4. The first-order chi connectivity index (χ1) is 18.6. The Kier molecular flexibility index (Phi) is 10.0. The molecule has 0 unspecified atom stereocenters. The van der Waals surface area contributed by atoms with Crippen LogP contribution in [0.15, 0.2) is 84.0 Å². The van der Waals surface area contributed by atoms with Crippen LogP contribution in [0.4, 0.5) is 5.69 Å². The van der Waals surface area contributed by atoms with Crippen LogP contribution in [0.1, 0.15) is 21.6 Å². The molecule has 0 saturated heterocycles.